The molecule has 0 aliphatic heterocycles. The molecule has 1 amide bonds. The van der Waals surface area contributed by atoms with Crippen molar-refractivity contribution < 1.29 is 4.79 Å². The van der Waals surface area contributed by atoms with Crippen LogP contribution in [0.5, 0.6) is 0 Å². The van der Waals surface area contributed by atoms with Crippen molar-refractivity contribution in [2.75, 3.05) is 0 Å². The van der Waals surface area contributed by atoms with Crippen molar-refractivity contribution in [1.29, 1.82) is 0 Å². The molecular formula is C9H10N2O. The van der Waals surface area contributed by atoms with Crippen molar-refractivity contribution >= 4 is 11.5 Å². The summed E-state index contributed by atoms with van der Waals surface area (Å²) in [6.45, 7) is 3.60. The average Bonchev–Trinajstić information content (AvgIpc) is 2.17. The second kappa shape index (κ2) is 3.69. The molecule has 0 radical (unpaired) electrons. The van der Waals surface area contributed by atoms with Crippen molar-refractivity contribution in [1.82, 2.24) is 5.43 Å². The molecule has 3 nitrogen and oxygen atoms in total. The van der Waals surface area contributed by atoms with Crippen molar-refractivity contribution in [3.8, 4) is 0 Å². The monoisotopic (exact) mass is 162 g/mol. The Kier molecular flexibility index (Phi) is 2.61. The minimum atomic E-state index is -0.360. The summed E-state index contributed by atoms with van der Waals surface area (Å²) in [6.07, 6.45) is 0. The Bertz CT molecular complexity index is 293. The summed E-state index contributed by atoms with van der Waals surface area (Å²) in [6, 6.07) is 9.15. The highest BCUT2D eigenvalue weighted by Crippen LogP contribution is 2.10. The first-order valence-corrected chi connectivity index (χ1v) is 3.51. The van der Waals surface area contributed by atoms with Crippen molar-refractivity contribution in [2.24, 2.45) is 5.84 Å². The molecule has 1 aromatic rings. The second-order valence-corrected chi connectivity index (χ2v) is 2.32. The van der Waals surface area contributed by atoms with Gasteiger partial charge >= 0.3 is 0 Å². The molecule has 0 heterocycles. The summed E-state index contributed by atoms with van der Waals surface area (Å²) >= 11 is 0. The van der Waals surface area contributed by atoms with Gasteiger partial charge in [-0.05, 0) is 5.56 Å². The van der Waals surface area contributed by atoms with E-state index in [2.05, 4.69) is 6.58 Å². The lowest BCUT2D eigenvalue weighted by atomic mass is 10.1. The van der Waals surface area contributed by atoms with E-state index in [4.69, 9.17) is 5.84 Å². The zero-order chi connectivity index (χ0) is 8.97. The summed E-state index contributed by atoms with van der Waals surface area (Å²) in [5.41, 5.74) is 3.18. The van der Waals surface area contributed by atoms with Crippen LogP contribution in [-0.2, 0) is 4.79 Å². The van der Waals surface area contributed by atoms with E-state index in [1.54, 1.807) is 12.1 Å². The van der Waals surface area contributed by atoms with Gasteiger partial charge < -0.3 is 0 Å². The molecule has 3 heteroatoms. The van der Waals surface area contributed by atoms with Gasteiger partial charge in [0.05, 0.1) is 0 Å². The fraction of sp³-hybridized carbons (Fsp3) is 0. The minimum absolute atomic E-state index is 0.360. The Balaban J connectivity index is 2.86. The predicted molar refractivity (Wildman–Crippen MR) is 47.8 cm³/mol. The van der Waals surface area contributed by atoms with Crippen molar-refractivity contribution in [2.45, 2.75) is 0 Å². The Morgan fingerprint density at radius 1 is 1.33 bits per heavy atom. The highest BCUT2D eigenvalue weighted by molar-refractivity contribution is 6.18. The first-order chi connectivity index (χ1) is 5.75. The molecule has 0 bridgehead atoms. The number of rotatable bonds is 2. The van der Waals surface area contributed by atoms with Crippen LogP contribution < -0.4 is 11.3 Å². The fourth-order valence-corrected chi connectivity index (χ4v) is 0.858. The molecular weight excluding hydrogens is 152 g/mol. The molecule has 0 aliphatic carbocycles. The van der Waals surface area contributed by atoms with Crippen molar-refractivity contribution in [3.63, 3.8) is 0 Å². The zero-order valence-corrected chi connectivity index (χ0v) is 6.58. The molecule has 0 aromatic heterocycles. The molecule has 0 spiro atoms. The lowest BCUT2D eigenvalue weighted by Crippen LogP contribution is -2.30. The van der Waals surface area contributed by atoms with E-state index >= 15 is 0 Å². The van der Waals surface area contributed by atoms with E-state index in [1.807, 2.05) is 23.6 Å². The number of amides is 1. The zero-order valence-electron chi connectivity index (χ0n) is 6.58. The molecule has 0 aliphatic rings. The highest BCUT2D eigenvalue weighted by atomic mass is 16.2. The average molecular weight is 162 g/mol. The third-order valence-corrected chi connectivity index (χ3v) is 1.53. The van der Waals surface area contributed by atoms with Gasteiger partial charge in [0.15, 0.2) is 0 Å². The molecule has 12 heavy (non-hydrogen) atoms. The molecule has 1 rings (SSSR count). The third kappa shape index (κ3) is 1.71. The summed E-state index contributed by atoms with van der Waals surface area (Å²) in [5, 5.41) is 0. The number of hydrogen-bond donors (Lipinski definition) is 2. The number of nitrogens with one attached hydrogen (secondary N) is 1. The maximum Gasteiger partial charge on any atom is 0.265 e. The Morgan fingerprint density at radius 2 is 1.92 bits per heavy atom. The smallest absolute Gasteiger partial charge is 0.265 e. The van der Waals surface area contributed by atoms with E-state index < -0.39 is 0 Å². The summed E-state index contributed by atoms with van der Waals surface area (Å²) < 4.78 is 0. The quantitative estimate of drug-likeness (QED) is 0.291. The van der Waals surface area contributed by atoms with Crippen LogP contribution in [0, 0.1) is 0 Å². The summed E-state index contributed by atoms with van der Waals surface area (Å²) in [7, 11) is 0. The molecule has 3 N–H and O–H groups in total. The van der Waals surface area contributed by atoms with Crippen LogP contribution in [0.15, 0.2) is 36.9 Å². The molecule has 0 unspecified atom stereocenters. The van der Waals surface area contributed by atoms with Crippen LogP contribution in [-0.4, -0.2) is 5.91 Å². The Labute approximate surface area is 70.9 Å². The summed E-state index contributed by atoms with van der Waals surface area (Å²) in [5.74, 6) is 4.59. The van der Waals surface area contributed by atoms with Gasteiger partial charge in [0, 0.05) is 5.57 Å². The van der Waals surface area contributed by atoms with Gasteiger partial charge in [-0.3, -0.25) is 10.2 Å². The maximum absolute atomic E-state index is 11.0. The lowest BCUT2D eigenvalue weighted by molar-refractivity contribution is -0.115. The van der Waals surface area contributed by atoms with Crippen LogP contribution >= 0.6 is 0 Å². The molecule has 1 aromatic carbocycles. The molecule has 0 fully saturated rings. The fourth-order valence-electron chi connectivity index (χ4n) is 0.858. The molecule has 0 saturated heterocycles. The normalized spacial score (nSPS) is 9.08. The van der Waals surface area contributed by atoms with Gasteiger partial charge in [-0.2, -0.15) is 0 Å². The number of hydrogen-bond acceptors (Lipinski definition) is 2. The number of benzene rings is 1. The van der Waals surface area contributed by atoms with Gasteiger partial charge in [0.2, 0.25) is 0 Å². The number of carbonyl (C=O) groups is 1. The van der Waals surface area contributed by atoms with Gasteiger partial charge in [-0.25, -0.2) is 5.84 Å². The van der Waals surface area contributed by atoms with Crippen LogP contribution in [0.4, 0.5) is 0 Å². The van der Waals surface area contributed by atoms with Crippen LogP contribution in [0.3, 0.4) is 0 Å². The topological polar surface area (TPSA) is 55.1 Å². The van der Waals surface area contributed by atoms with E-state index in [-0.39, 0.29) is 5.91 Å². The standard InChI is InChI=1S/C9H10N2O/c1-7(9(12)11-10)8-5-3-2-4-6-8/h2-6H,1,10H2,(H,11,12). The lowest BCUT2D eigenvalue weighted by Gasteiger charge is -2.02. The van der Waals surface area contributed by atoms with E-state index in [0.717, 1.165) is 5.56 Å². The first kappa shape index (κ1) is 8.49. The molecule has 62 valence electrons. The van der Waals surface area contributed by atoms with Crippen LogP contribution in [0.2, 0.25) is 0 Å². The SMILES string of the molecule is C=C(C(=O)NN)c1ccccc1. The minimum Gasteiger partial charge on any atom is -0.290 e. The van der Waals surface area contributed by atoms with Gasteiger partial charge in [-0.15, -0.1) is 0 Å². The third-order valence-electron chi connectivity index (χ3n) is 1.53. The number of nitrogens with two attached hydrogens (primary N) is 1. The molecule has 0 atom stereocenters. The number of carbonyl (C=O) groups excluding carboxylic acids is 1. The van der Waals surface area contributed by atoms with Gasteiger partial charge in [-0.1, -0.05) is 36.9 Å². The predicted octanol–water partition coefficient (Wildman–Crippen LogP) is 0.690. The van der Waals surface area contributed by atoms with Gasteiger partial charge in [0.25, 0.3) is 5.91 Å². The van der Waals surface area contributed by atoms with Gasteiger partial charge in [0.1, 0.15) is 0 Å². The maximum atomic E-state index is 11.0. The molecule has 0 saturated carbocycles. The van der Waals surface area contributed by atoms with Crippen LogP contribution in [0.25, 0.3) is 5.57 Å². The van der Waals surface area contributed by atoms with E-state index in [0.29, 0.717) is 5.57 Å². The first-order valence-electron chi connectivity index (χ1n) is 3.51. The second-order valence-electron chi connectivity index (χ2n) is 2.32. The van der Waals surface area contributed by atoms with E-state index in [1.165, 1.54) is 0 Å². The Morgan fingerprint density at radius 3 is 2.42 bits per heavy atom. The Hall–Kier alpha value is -1.61. The van der Waals surface area contributed by atoms with Crippen LogP contribution in [0.1, 0.15) is 5.56 Å². The summed E-state index contributed by atoms with van der Waals surface area (Å²) in [4.78, 5) is 11.0. The van der Waals surface area contributed by atoms with Crippen molar-refractivity contribution in [3.05, 3.63) is 42.5 Å². The largest absolute Gasteiger partial charge is 0.290 e. The highest BCUT2D eigenvalue weighted by Gasteiger charge is 2.05. The number of hydrazine groups is 1. The van der Waals surface area contributed by atoms with E-state index in [9.17, 15) is 4.79 Å².